The van der Waals surface area contributed by atoms with E-state index in [9.17, 15) is 4.79 Å². The fraction of sp³-hybridized carbons (Fsp3) is 0.765. The minimum atomic E-state index is 0.161. The van der Waals surface area contributed by atoms with E-state index in [1.165, 1.54) is 5.56 Å². The monoisotopic (exact) mass is 320 g/mol. The second-order valence-electron chi connectivity index (χ2n) is 6.70. The molecule has 23 heavy (non-hydrogen) atoms. The average Bonchev–Trinajstić information content (AvgIpc) is 3.04. The average molecular weight is 320 g/mol. The van der Waals surface area contributed by atoms with E-state index in [1.54, 1.807) is 0 Å². The molecule has 0 spiro atoms. The SMILES string of the molecule is CCn1cc(C2CCN(CC(=O)N3CCOC(C)C3)CC2)cn1. The molecule has 0 radical (unpaired) electrons. The first-order chi connectivity index (χ1) is 11.2. The van der Waals surface area contributed by atoms with Crippen molar-refractivity contribution in [1.29, 1.82) is 0 Å². The number of aromatic nitrogens is 2. The summed E-state index contributed by atoms with van der Waals surface area (Å²) in [5, 5.41) is 4.38. The standard InChI is InChI=1S/C17H28N4O2/c1-3-21-12-16(10-18-21)15-4-6-19(7-5-15)13-17(22)20-8-9-23-14(2)11-20/h10,12,14-15H,3-9,11,13H2,1-2H3. The molecule has 1 aromatic rings. The van der Waals surface area contributed by atoms with Crippen LogP contribution in [-0.4, -0.2) is 70.9 Å². The molecular formula is C17H28N4O2. The van der Waals surface area contributed by atoms with Crippen LogP contribution in [0, 0.1) is 0 Å². The fourth-order valence-corrected chi connectivity index (χ4v) is 3.52. The van der Waals surface area contributed by atoms with E-state index in [2.05, 4.69) is 23.1 Å². The van der Waals surface area contributed by atoms with E-state index in [-0.39, 0.29) is 12.0 Å². The third kappa shape index (κ3) is 4.12. The fourth-order valence-electron chi connectivity index (χ4n) is 3.52. The number of hydrogen-bond donors (Lipinski definition) is 0. The largest absolute Gasteiger partial charge is 0.375 e. The molecule has 6 heteroatoms. The third-order valence-corrected chi connectivity index (χ3v) is 4.99. The first-order valence-corrected chi connectivity index (χ1v) is 8.79. The van der Waals surface area contributed by atoms with Crippen LogP contribution in [0.5, 0.6) is 0 Å². The second kappa shape index (κ2) is 7.45. The van der Waals surface area contributed by atoms with E-state index >= 15 is 0 Å². The first-order valence-electron chi connectivity index (χ1n) is 8.79. The van der Waals surface area contributed by atoms with Gasteiger partial charge in [0.05, 0.1) is 25.5 Å². The maximum absolute atomic E-state index is 12.4. The summed E-state index contributed by atoms with van der Waals surface area (Å²) in [6.07, 6.45) is 6.56. The molecule has 3 rings (SSSR count). The van der Waals surface area contributed by atoms with Gasteiger partial charge in [-0.15, -0.1) is 0 Å². The van der Waals surface area contributed by atoms with Crippen molar-refractivity contribution in [3.63, 3.8) is 0 Å². The van der Waals surface area contributed by atoms with Crippen molar-refractivity contribution in [3.8, 4) is 0 Å². The van der Waals surface area contributed by atoms with Crippen LogP contribution < -0.4 is 0 Å². The first kappa shape index (κ1) is 16.5. The van der Waals surface area contributed by atoms with E-state index in [0.717, 1.165) is 45.6 Å². The van der Waals surface area contributed by atoms with Gasteiger partial charge in [0.15, 0.2) is 0 Å². The molecule has 1 amide bonds. The lowest BCUT2D eigenvalue weighted by molar-refractivity contribution is -0.139. The number of morpholine rings is 1. The van der Waals surface area contributed by atoms with E-state index in [0.29, 0.717) is 19.1 Å². The lowest BCUT2D eigenvalue weighted by Gasteiger charge is -2.35. The third-order valence-electron chi connectivity index (χ3n) is 4.99. The van der Waals surface area contributed by atoms with Gasteiger partial charge < -0.3 is 9.64 Å². The number of carbonyl (C=O) groups excluding carboxylic acids is 1. The van der Waals surface area contributed by atoms with Crippen LogP contribution in [0.1, 0.15) is 38.2 Å². The molecule has 0 aromatic carbocycles. The number of aryl methyl sites for hydroxylation is 1. The maximum Gasteiger partial charge on any atom is 0.236 e. The molecule has 2 saturated heterocycles. The molecule has 0 aliphatic carbocycles. The van der Waals surface area contributed by atoms with Gasteiger partial charge in [0.2, 0.25) is 5.91 Å². The summed E-state index contributed by atoms with van der Waals surface area (Å²) in [5.41, 5.74) is 1.35. The highest BCUT2D eigenvalue weighted by Crippen LogP contribution is 2.27. The van der Waals surface area contributed by atoms with Crippen molar-refractivity contribution in [2.75, 3.05) is 39.3 Å². The quantitative estimate of drug-likeness (QED) is 0.840. The Morgan fingerprint density at radius 1 is 1.35 bits per heavy atom. The van der Waals surface area contributed by atoms with Gasteiger partial charge in [-0.2, -0.15) is 5.10 Å². The Hall–Kier alpha value is -1.40. The van der Waals surface area contributed by atoms with Crippen molar-refractivity contribution in [1.82, 2.24) is 19.6 Å². The minimum Gasteiger partial charge on any atom is -0.375 e. The normalized spacial score (nSPS) is 24.1. The summed E-state index contributed by atoms with van der Waals surface area (Å²) in [6.45, 7) is 9.72. The van der Waals surface area contributed by atoms with Crippen molar-refractivity contribution in [2.45, 2.75) is 45.3 Å². The summed E-state index contributed by atoms with van der Waals surface area (Å²) in [5.74, 6) is 0.836. The van der Waals surface area contributed by atoms with Gasteiger partial charge in [0.1, 0.15) is 0 Å². The van der Waals surface area contributed by atoms with Crippen molar-refractivity contribution >= 4 is 5.91 Å². The predicted molar refractivity (Wildman–Crippen MR) is 88.3 cm³/mol. The molecule has 6 nitrogen and oxygen atoms in total. The van der Waals surface area contributed by atoms with Crippen LogP contribution >= 0.6 is 0 Å². The number of piperidine rings is 1. The second-order valence-corrected chi connectivity index (χ2v) is 6.70. The van der Waals surface area contributed by atoms with Gasteiger partial charge in [0.25, 0.3) is 0 Å². The number of nitrogens with zero attached hydrogens (tertiary/aromatic N) is 4. The molecule has 1 atom stereocenters. The molecule has 2 aliphatic heterocycles. The molecule has 2 fully saturated rings. The number of likely N-dealkylation sites (tertiary alicyclic amines) is 1. The summed E-state index contributed by atoms with van der Waals surface area (Å²) >= 11 is 0. The van der Waals surface area contributed by atoms with E-state index in [4.69, 9.17) is 4.74 Å². The number of hydrogen-bond acceptors (Lipinski definition) is 4. The van der Waals surface area contributed by atoms with Gasteiger partial charge in [-0.05, 0) is 51.3 Å². The molecule has 1 aromatic heterocycles. The Morgan fingerprint density at radius 2 is 2.13 bits per heavy atom. The minimum absolute atomic E-state index is 0.161. The Labute approximate surface area is 138 Å². The van der Waals surface area contributed by atoms with Gasteiger partial charge >= 0.3 is 0 Å². The molecule has 0 N–H and O–H groups in total. The topological polar surface area (TPSA) is 50.6 Å². The van der Waals surface area contributed by atoms with Crippen LogP contribution in [0.15, 0.2) is 12.4 Å². The number of carbonyl (C=O) groups is 1. The molecule has 128 valence electrons. The van der Waals surface area contributed by atoms with Crippen LogP contribution in [-0.2, 0) is 16.1 Å². The number of amides is 1. The molecular weight excluding hydrogens is 292 g/mol. The van der Waals surface area contributed by atoms with Crippen molar-refractivity contribution in [2.24, 2.45) is 0 Å². The van der Waals surface area contributed by atoms with Gasteiger partial charge in [-0.25, -0.2) is 0 Å². The maximum atomic E-state index is 12.4. The van der Waals surface area contributed by atoms with Gasteiger partial charge in [-0.1, -0.05) is 0 Å². The Kier molecular flexibility index (Phi) is 5.33. The zero-order valence-corrected chi connectivity index (χ0v) is 14.3. The zero-order chi connectivity index (χ0) is 16.2. The highest BCUT2D eigenvalue weighted by molar-refractivity contribution is 5.78. The molecule has 0 bridgehead atoms. The van der Waals surface area contributed by atoms with Crippen molar-refractivity contribution in [3.05, 3.63) is 18.0 Å². The summed E-state index contributed by atoms with van der Waals surface area (Å²) in [4.78, 5) is 16.7. The zero-order valence-electron chi connectivity index (χ0n) is 14.3. The molecule has 2 aliphatic rings. The van der Waals surface area contributed by atoms with E-state index < -0.39 is 0 Å². The highest BCUT2D eigenvalue weighted by atomic mass is 16.5. The van der Waals surface area contributed by atoms with Crippen LogP contribution in [0.3, 0.4) is 0 Å². The Morgan fingerprint density at radius 3 is 2.78 bits per heavy atom. The van der Waals surface area contributed by atoms with Crippen LogP contribution in [0.25, 0.3) is 0 Å². The van der Waals surface area contributed by atoms with Gasteiger partial charge in [0, 0.05) is 25.8 Å². The predicted octanol–water partition coefficient (Wildman–Crippen LogP) is 1.33. The lowest BCUT2D eigenvalue weighted by Crippen LogP contribution is -2.49. The summed E-state index contributed by atoms with van der Waals surface area (Å²) in [7, 11) is 0. The van der Waals surface area contributed by atoms with Crippen LogP contribution in [0.2, 0.25) is 0 Å². The smallest absolute Gasteiger partial charge is 0.236 e. The number of rotatable bonds is 4. The molecule has 0 saturated carbocycles. The molecule has 1 unspecified atom stereocenters. The number of ether oxygens (including phenoxy) is 1. The summed E-state index contributed by atoms with van der Waals surface area (Å²) in [6, 6.07) is 0. The highest BCUT2D eigenvalue weighted by Gasteiger charge is 2.26. The van der Waals surface area contributed by atoms with Crippen molar-refractivity contribution < 1.29 is 9.53 Å². The Balaban J connectivity index is 1.46. The van der Waals surface area contributed by atoms with Gasteiger partial charge in [-0.3, -0.25) is 14.4 Å². The molecule has 3 heterocycles. The Bertz CT molecular complexity index is 522. The summed E-state index contributed by atoms with van der Waals surface area (Å²) < 4.78 is 7.50. The lowest BCUT2D eigenvalue weighted by atomic mass is 9.91. The van der Waals surface area contributed by atoms with Crippen LogP contribution in [0.4, 0.5) is 0 Å². The van der Waals surface area contributed by atoms with E-state index in [1.807, 2.05) is 22.7 Å².